The summed E-state index contributed by atoms with van der Waals surface area (Å²) in [7, 11) is 3.41. The highest BCUT2D eigenvalue weighted by atomic mass is 32.1. The summed E-state index contributed by atoms with van der Waals surface area (Å²) in [6, 6.07) is 15.5. The number of hydrogen-bond donors (Lipinski definition) is 1. The fourth-order valence-electron chi connectivity index (χ4n) is 3.86. The number of para-hydroxylation sites is 2. The number of methoxy groups -OCH3 is 1. The third-order valence-corrected chi connectivity index (χ3v) is 5.92. The number of amides is 1. The Morgan fingerprint density at radius 3 is 2.75 bits per heavy atom. The lowest BCUT2D eigenvalue weighted by molar-refractivity contribution is -0.131. The van der Waals surface area contributed by atoms with Crippen molar-refractivity contribution in [3.63, 3.8) is 0 Å². The number of H-pyrrole nitrogens is 1. The molecule has 1 aliphatic rings. The highest BCUT2D eigenvalue weighted by molar-refractivity contribution is 7.71. The predicted octanol–water partition coefficient (Wildman–Crippen LogP) is 3.36. The number of ether oxygens (including phenoxy) is 2. The van der Waals surface area contributed by atoms with Crippen molar-refractivity contribution in [1.29, 1.82) is 0 Å². The summed E-state index contributed by atoms with van der Waals surface area (Å²) in [5, 5.41) is 7.12. The molecule has 2 heterocycles. The van der Waals surface area contributed by atoms with Crippen molar-refractivity contribution in [3.05, 3.63) is 53.3 Å². The van der Waals surface area contributed by atoms with Crippen LogP contribution in [0.2, 0.25) is 0 Å². The maximum atomic E-state index is 13.0. The molecule has 1 amide bonds. The number of aromatic nitrogens is 3. The zero-order valence-corrected chi connectivity index (χ0v) is 19.3. The normalized spacial score (nSPS) is 15.1. The van der Waals surface area contributed by atoms with Crippen LogP contribution < -0.4 is 14.4 Å². The molecule has 1 aromatic heterocycles. The largest absolute Gasteiger partial charge is 0.497 e. The van der Waals surface area contributed by atoms with Gasteiger partial charge in [-0.15, -0.1) is 0 Å². The van der Waals surface area contributed by atoms with Gasteiger partial charge in [-0.05, 0) is 55.5 Å². The number of fused-ring (bicyclic) bond motifs is 1. The van der Waals surface area contributed by atoms with Crippen LogP contribution in [0, 0.1) is 4.77 Å². The van der Waals surface area contributed by atoms with Gasteiger partial charge in [0.15, 0.2) is 10.6 Å². The quantitative estimate of drug-likeness (QED) is 0.553. The topological polar surface area (TPSA) is 75.6 Å². The first-order valence-electron chi connectivity index (χ1n) is 10.5. The molecule has 0 aliphatic carbocycles. The van der Waals surface area contributed by atoms with Crippen molar-refractivity contribution in [1.82, 2.24) is 19.7 Å². The lowest BCUT2D eigenvalue weighted by atomic mass is 10.2. The number of rotatable bonds is 7. The number of anilines is 1. The highest BCUT2D eigenvalue weighted by Gasteiger charge is 2.27. The zero-order valence-electron chi connectivity index (χ0n) is 18.4. The summed E-state index contributed by atoms with van der Waals surface area (Å²) in [4.78, 5) is 17.0. The molecule has 9 heteroatoms. The van der Waals surface area contributed by atoms with Crippen LogP contribution >= 0.6 is 12.2 Å². The molecule has 0 saturated carbocycles. The molecular weight excluding hydrogens is 426 g/mol. The fourth-order valence-corrected chi connectivity index (χ4v) is 4.06. The number of benzene rings is 2. The molecule has 1 aliphatic heterocycles. The Bertz CT molecular complexity index is 1140. The van der Waals surface area contributed by atoms with E-state index >= 15 is 0 Å². The van der Waals surface area contributed by atoms with E-state index in [2.05, 4.69) is 28.1 Å². The van der Waals surface area contributed by atoms with Crippen LogP contribution in [0.25, 0.3) is 11.4 Å². The van der Waals surface area contributed by atoms with Crippen molar-refractivity contribution in [2.45, 2.75) is 19.6 Å². The van der Waals surface area contributed by atoms with Gasteiger partial charge >= 0.3 is 0 Å². The number of carbonyl (C=O) groups is 1. The molecule has 1 unspecified atom stereocenters. The zero-order chi connectivity index (χ0) is 22.7. The first kappa shape index (κ1) is 21.9. The average Bonchev–Trinajstić information content (AvgIpc) is 3.18. The van der Waals surface area contributed by atoms with Crippen LogP contribution in [0.5, 0.6) is 11.5 Å². The van der Waals surface area contributed by atoms with Gasteiger partial charge in [0, 0.05) is 19.2 Å². The Morgan fingerprint density at radius 2 is 2.03 bits per heavy atom. The second-order valence-electron chi connectivity index (χ2n) is 7.69. The Labute approximate surface area is 192 Å². The summed E-state index contributed by atoms with van der Waals surface area (Å²) in [5.74, 6) is 2.15. The van der Waals surface area contributed by atoms with Crippen LogP contribution in [0.1, 0.15) is 6.92 Å². The van der Waals surface area contributed by atoms with Crippen molar-refractivity contribution in [2.75, 3.05) is 38.7 Å². The molecule has 2 aromatic carbocycles. The number of likely N-dealkylation sites (N-methyl/N-ethyl adjacent to an activating group) is 2. The van der Waals surface area contributed by atoms with Crippen molar-refractivity contribution in [2.24, 2.45) is 0 Å². The predicted molar refractivity (Wildman–Crippen MR) is 126 cm³/mol. The Balaban J connectivity index is 1.46. The first-order valence-corrected chi connectivity index (χ1v) is 10.9. The van der Waals surface area contributed by atoms with Gasteiger partial charge in [0.05, 0.1) is 25.9 Å². The van der Waals surface area contributed by atoms with Crippen LogP contribution in [-0.4, -0.2) is 65.5 Å². The van der Waals surface area contributed by atoms with E-state index in [4.69, 9.17) is 21.7 Å². The second-order valence-corrected chi connectivity index (χ2v) is 8.07. The second kappa shape index (κ2) is 9.44. The number of nitrogens with zero attached hydrogens (tertiary/aromatic N) is 4. The summed E-state index contributed by atoms with van der Waals surface area (Å²) >= 11 is 5.38. The van der Waals surface area contributed by atoms with E-state index in [9.17, 15) is 4.79 Å². The van der Waals surface area contributed by atoms with Gasteiger partial charge in [0.2, 0.25) is 5.91 Å². The first-order chi connectivity index (χ1) is 15.5. The van der Waals surface area contributed by atoms with Gasteiger partial charge in [-0.3, -0.25) is 14.5 Å². The average molecular weight is 454 g/mol. The monoisotopic (exact) mass is 453 g/mol. The molecule has 0 bridgehead atoms. The minimum Gasteiger partial charge on any atom is -0.497 e. The molecular formula is C23H27N5O3S. The van der Waals surface area contributed by atoms with Gasteiger partial charge in [-0.1, -0.05) is 12.1 Å². The summed E-state index contributed by atoms with van der Waals surface area (Å²) in [6.07, 6.45) is -0.114. The van der Waals surface area contributed by atoms with Gasteiger partial charge in [0.25, 0.3) is 0 Å². The molecule has 32 heavy (non-hydrogen) atoms. The van der Waals surface area contributed by atoms with Crippen molar-refractivity contribution >= 4 is 23.8 Å². The third-order valence-electron chi connectivity index (χ3n) is 5.61. The van der Waals surface area contributed by atoms with E-state index in [1.165, 1.54) is 0 Å². The highest BCUT2D eigenvalue weighted by Crippen LogP contribution is 2.32. The number of carbonyl (C=O) groups excluding carboxylic acids is 1. The SMILES string of the molecule is CCN1CC(CN(C)C(=O)Cn2c(-c3ccc(OC)cc3)n[nH]c2=S)Oc2ccccc21. The number of aromatic amines is 1. The number of hydrogen-bond acceptors (Lipinski definition) is 6. The van der Waals surface area contributed by atoms with Crippen LogP contribution in [0.15, 0.2) is 48.5 Å². The summed E-state index contributed by atoms with van der Waals surface area (Å²) in [6.45, 7) is 4.30. The minimum atomic E-state index is -0.114. The van der Waals surface area contributed by atoms with E-state index < -0.39 is 0 Å². The molecule has 1 atom stereocenters. The summed E-state index contributed by atoms with van der Waals surface area (Å²) in [5.41, 5.74) is 1.94. The molecule has 0 spiro atoms. The molecule has 168 valence electrons. The van der Waals surface area contributed by atoms with E-state index in [0.29, 0.717) is 17.1 Å². The van der Waals surface area contributed by atoms with Crippen molar-refractivity contribution < 1.29 is 14.3 Å². The fraction of sp³-hybridized carbons (Fsp3) is 0.348. The van der Waals surface area contributed by atoms with E-state index in [-0.39, 0.29) is 18.6 Å². The van der Waals surface area contributed by atoms with Gasteiger partial charge < -0.3 is 19.3 Å². The third kappa shape index (κ3) is 4.47. The van der Waals surface area contributed by atoms with Gasteiger partial charge in [-0.2, -0.15) is 5.10 Å². The van der Waals surface area contributed by atoms with Crippen LogP contribution in [0.4, 0.5) is 5.69 Å². The number of nitrogens with one attached hydrogen (secondary N) is 1. The maximum Gasteiger partial charge on any atom is 0.242 e. The van der Waals surface area contributed by atoms with Crippen LogP contribution in [0.3, 0.4) is 0 Å². The summed E-state index contributed by atoms with van der Waals surface area (Å²) < 4.78 is 13.5. The molecule has 0 saturated heterocycles. The lowest BCUT2D eigenvalue weighted by Crippen LogP contribution is -2.47. The molecule has 1 N–H and O–H groups in total. The Hall–Kier alpha value is -3.33. The molecule has 0 radical (unpaired) electrons. The smallest absolute Gasteiger partial charge is 0.242 e. The minimum absolute atomic E-state index is 0.0669. The standard InChI is InChI=1S/C23H27N5O3S/c1-4-27-14-18(31-20-8-6-5-7-19(20)27)13-26(2)21(29)15-28-22(24-25-23(28)32)16-9-11-17(30-3)12-10-16/h5-12,18H,4,13-15H2,1-3H3,(H,25,32). The van der Waals surface area contributed by atoms with Crippen molar-refractivity contribution in [3.8, 4) is 22.9 Å². The maximum absolute atomic E-state index is 13.0. The lowest BCUT2D eigenvalue weighted by Gasteiger charge is -2.37. The Kier molecular flexibility index (Phi) is 6.45. The molecule has 8 nitrogen and oxygen atoms in total. The van der Waals surface area contributed by atoms with E-state index in [0.717, 1.165) is 35.8 Å². The van der Waals surface area contributed by atoms with E-state index in [1.807, 2.05) is 42.5 Å². The molecule has 4 rings (SSSR count). The van der Waals surface area contributed by atoms with Crippen LogP contribution in [-0.2, 0) is 11.3 Å². The van der Waals surface area contributed by atoms with Gasteiger partial charge in [-0.25, -0.2) is 0 Å². The molecule has 0 fully saturated rings. The van der Waals surface area contributed by atoms with E-state index in [1.54, 1.807) is 23.6 Å². The van der Waals surface area contributed by atoms with Gasteiger partial charge in [0.1, 0.15) is 24.1 Å². The Morgan fingerprint density at radius 1 is 1.28 bits per heavy atom. The molecule has 3 aromatic rings.